The molecule has 0 radical (unpaired) electrons. The smallest absolute Gasteiger partial charge is 0.274 e. The number of likely N-dealkylation sites (tertiary alicyclic amines) is 1. The summed E-state index contributed by atoms with van der Waals surface area (Å²) in [5, 5.41) is 4.50. The molecule has 30 heavy (non-hydrogen) atoms. The van der Waals surface area contributed by atoms with Gasteiger partial charge in [-0.2, -0.15) is 5.10 Å². The highest BCUT2D eigenvalue weighted by molar-refractivity contribution is 5.92. The Morgan fingerprint density at radius 1 is 1.17 bits per heavy atom. The lowest BCUT2D eigenvalue weighted by atomic mass is 9.92. The fourth-order valence-corrected chi connectivity index (χ4v) is 4.16. The Bertz CT molecular complexity index is 1040. The number of hydrogen-bond acceptors (Lipinski definition) is 5. The van der Waals surface area contributed by atoms with Crippen LogP contribution in [-0.4, -0.2) is 42.1 Å². The number of rotatable bonds is 5. The molecule has 1 fully saturated rings. The minimum atomic E-state index is -0.0909. The van der Waals surface area contributed by atoms with E-state index >= 15 is 0 Å². The SMILES string of the molecule is CCCn1ccc(C(=O)N2CCCCC2c2nc(C)ncc2-c2ccncc2C)n1. The molecule has 4 rings (SSSR count). The first-order valence-corrected chi connectivity index (χ1v) is 10.7. The van der Waals surface area contributed by atoms with Gasteiger partial charge in [0, 0.05) is 43.4 Å². The third kappa shape index (κ3) is 3.97. The van der Waals surface area contributed by atoms with E-state index in [2.05, 4.69) is 22.0 Å². The van der Waals surface area contributed by atoms with Crippen molar-refractivity contribution in [2.45, 2.75) is 59.0 Å². The molecule has 0 N–H and O–H groups in total. The van der Waals surface area contributed by atoms with Gasteiger partial charge in [-0.25, -0.2) is 9.97 Å². The first-order chi connectivity index (χ1) is 14.6. The number of carbonyl (C=O) groups is 1. The lowest BCUT2D eigenvalue weighted by molar-refractivity contribution is 0.0599. The van der Waals surface area contributed by atoms with Gasteiger partial charge in [0.15, 0.2) is 0 Å². The summed E-state index contributed by atoms with van der Waals surface area (Å²) in [7, 11) is 0. The van der Waals surface area contributed by atoms with Crippen molar-refractivity contribution in [3.8, 4) is 11.1 Å². The molecular formula is C23H28N6O. The maximum atomic E-state index is 13.4. The molecular weight excluding hydrogens is 376 g/mol. The molecule has 0 spiro atoms. The van der Waals surface area contributed by atoms with Gasteiger partial charge < -0.3 is 4.90 Å². The zero-order valence-corrected chi connectivity index (χ0v) is 17.9. The predicted octanol–water partition coefficient (Wildman–Crippen LogP) is 4.13. The molecule has 156 valence electrons. The van der Waals surface area contributed by atoms with Crippen LogP contribution < -0.4 is 0 Å². The highest BCUT2D eigenvalue weighted by Crippen LogP contribution is 2.37. The Morgan fingerprint density at radius 2 is 2.03 bits per heavy atom. The molecule has 7 nitrogen and oxygen atoms in total. The first-order valence-electron chi connectivity index (χ1n) is 10.7. The van der Waals surface area contributed by atoms with E-state index < -0.39 is 0 Å². The molecule has 3 aromatic heterocycles. The molecule has 3 aromatic rings. The van der Waals surface area contributed by atoms with Crippen LogP contribution in [0.2, 0.25) is 0 Å². The van der Waals surface area contributed by atoms with Gasteiger partial charge in [0.05, 0.1) is 11.7 Å². The Kier molecular flexibility index (Phi) is 5.88. The van der Waals surface area contributed by atoms with Crippen molar-refractivity contribution in [3.05, 3.63) is 59.7 Å². The zero-order valence-electron chi connectivity index (χ0n) is 17.9. The number of carbonyl (C=O) groups excluding carboxylic acids is 1. The molecule has 0 aliphatic carbocycles. The van der Waals surface area contributed by atoms with Crippen LogP contribution in [-0.2, 0) is 6.54 Å². The normalized spacial score (nSPS) is 16.6. The lowest BCUT2D eigenvalue weighted by Crippen LogP contribution is -2.39. The predicted molar refractivity (Wildman–Crippen MR) is 115 cm³/mol. The number of aryl methyl sites for hydroxylation is 3. The second-order valence-electron chi connectivity index (χ2n) is 7.88. The molecule has 0 bridgehead atoms. The number of nitrogens with zero attached hydrogens (tertiary/aromatic N) is 6. The van der Waals surface area contributed by atoms with E-state index in [1.807, 2.05) is 54.2 Å². The van der Waals surface area contributed by atoms with E-state index in [0.29, 0.717) is 18.1 Å². The molecule has 0 saturated carbocycles. The molecule has 1 aliphatic heterocycles. The summed E-state index contributed by atoms with van der Waals surface area (Å²) in [5.41, 5.74) is 4.52. The average Bonchev–Trinajstić information content (AvgIpc) is 3.23. The van der Waals surface area contributed by atoms with Crippen LogP contribution in [0.1, 0.15) is 66.2 Å². The lowest BCUT2D eigenvalue weighted by Gasteiger charge is -2.36. The first kappa shape index (κ1) is 20.2. The summed E-state index contributed by atoms with van der Waals surface area (Å²) in [6, 6.07) is 3.73. The average molecular weight is 405 g/mol. The van der Waals surface area contributed by atoms with Gasteiger partial charge >= 0.3 is 0 Å². The zero-order chi connectivity index (χ0) is 21.1. The molecule has 1 saturated heterocycles. The van der Waals surface area contributed by atoms with Gasteiger partial charge in [-0.1, -0.05) is 6.92 Å². The Hall–Kier alpha value is -3.09. The molecule has 1 amide bonds. The second-order valence-corrected chi connectivity index (χ2v) is 7.88. The summed E-state index contributed by atoms with van der Waals surface area (Å²) in [5.74, 6) is 0.689. The van der Waals surface area contributed by atoms with Crippen LogP contribution in [0.25, 0.3) is 11.1 Å². The van der Waals surface area contributed by atoms with E-state index in [1.54, 1.807) is 6.20 Å². The molecule has 0 aromatic carbocycles. The Morgan fingerprint density at radius 3 is 2.83 bits per heavy atom. The van der Waals surface area contributed by atoms with E-state index in [9.17, 15) is 4.79 Å². The summed E-state index contributed by atoms with van der Waals surface area (Å²) >= 11 is 0. The maximum Gasteiger partial charge on any atom is 0.274 e. The molecule has 1 atom stereocenters. The number of pyridine rings is 1. The monoisotopic (exact) mass is 404 g/mol. The van der Waals surface area contributed by atoms with Crippen molar-refractivity contribution < 1.29 is 4.79 Å². The van der Waals surface area contributed by atoms with Crippen molar-refractivity contribution in [3.63, 3.8) is 0 Å². The highest BCUT2D eigenvalue weighted by atomic mass is 16.2. The van der Waals surface area contributed by atoms with Gasteiger partial charge in [-0.15, -0.1) is 0 Å². The van der Waals surface area contributed by atoms with Crippen LogP contribution in [0.3, 0.4) is 0 Å². The number of hydrogen-bond donors (Lipinski definition) is 0. The summed E-state index contributed by atoms with van der Waals surface area (Å²) in [4.78, 5) is 28.8. The van der Waals surface area contributed by atoms with E-state index in [0.717, 1.165) is 54.6 Å². The molecule has 1 aliphatic rings. The maximum absolute atomic E-state index is 13.4. The summed E-state index contributed by atoms with van der Waals surface area (Å²) < 4.78 is 1.84. The van der Waals surface area contributed by atoms with Gasteiger partial charge in [0.2, 0.25) is 0 Å². The van der Waals surface area contributed by atoms with Crippen molar-refractivity contribution in [2.24, 2.45) is 0 Å². The van der Waals surface area contributed by atoms with Crippen molar-refractivity contribution in [1.29, 1.82) is 0 Å². The van der Waals surface area contributed by atoms with Crippen LogP contribution in [0.5, 0.6) is 0 Å². The topological polar surface area (TPSA) is 76.8 Å². The van der Waals surface area contributed by atoms with Crippen LogP contribution >= 0.6 is 0 Å². The highest BCUT2D eigenvalue weighted by Gasteiger charge is 2.33. The third-order valence-corrected chi connectivity index (χ3v) is 5.64. The molecule has 1 unspecified atom stereocenters. The summed E-state index contributed by atoms with van der Waals surface area (Å²) in [6.07, 6.45) is 11.3. The van der Waals surface area contributed by atoms with Gasteiger partial charge in [-0.3, -0.25) is 14.5 Å². The minimum Gasteiger partial charge on any atom is -0.329 e. The fourth-order valence-electron chi connectivity index (χ4n) is 4.16. The molecule has 7 heteroatoms. The van der Waals surface area contributed by atoms with E-state index in [4.69, 9.17) is 4.98 Å². The second kappa shape index (κ2) is 8.73. The van der Waals surface area contributed by atoms with Crippen molar-refractivity contribution in [1.82, 2.24) is 29.6 Å². The van der Waals surface area contributed by atoms with Crippen LogP contribution in [0.15, 0.2) is 36.9 Å². The Balaban J connectivity index is 1.73. The van der Waals surface area contributed by atoms with Gasteiger partial charge in [0.25, 0.3) is 5.91 Å². The fraction of sp³-hybridized carbons (Fsp3) is 0.435. The van der Waals surface area contributed by atoms with E-state index in [1.165, 1.54) is 0 Å². The molecule has 4 heterocycles. The minimum absolute atomic E-state index is 0.0248. The van der Waals surface area contributed by atoms with Gasteiger partial charge in [-0.05, 0) is 62.8 Å². The Labute approximate surface area is 177 Å². The van der Waals surface area contributed by atoms with Crippen LogP contribution in [0.4, 0.5) is 0 Å². The number of aromatic nitrogens is 5. The van der Waals surface area contributed by atoms with Gasteiger partial charge in [0.1, 0.15) is 11.5 Å². The quantitative estimate of drug-likeness (QED) is 0.639. The van der Waals surface area contributed by atoms with E-state index in [-0.39, 0.29) is 11.9 Å². The van der Waals surface area contributed by atoms with Crippen LogP contribution in [0, 0.1) is 13.8 Å². The summed E-state index contributed by atoms with van der Waals surface area (Å²) in [6.45, 7) is 7.56. The number of piperidine rings is 1. The standard InChI is InChI=1S/C23H28N6O/c1-4-11-28-13-9-20(27-28)23(30)29-12-6-5-7-21(29)22-19(15-25-17(3)26-22)18-8-10-24-14-16(18)2/h8-10,13-15,21H,4-7,11-12H2,1-3H3. The largest absolute Gasteiger partial charge is 0.329 e. The van der Waals surface area contributed by atoms with Crippen molar-refractivity contribution in [2.75, 3.05) is 6.54 Å². The van der Waals surface area contributed by atoms with Crippen molar-refractivity contribution >= 4 is 5.91 Å². The number of amides is 1. The third-order valence-electron chi connectivity index (χ3n) is 5.64.